The first kappa shape index (κ1) is 22.8. The third-order valence-electron chi connectivity index (χ3n) is 7.62. The van der Waals surface area contributed by atoms with Crippen molar-refractivity contribution in [2.24, 2.45) is 0 Å². The smallest absolute Gasteiger partial charge is 0.224 e. The third kappa shape index (κ3) is 6.32. The maximum atomic E-state index is 4.96. The average molecular weight is 429 g/mol. The summed E-state index contributed by atoms with van der Waals surface area (Å²) < 4.78 is 0. The molecule has 1 aromatic heterocycles. The van der Waals surface area contributed by atoms with Gasteiger partial charge in [-0.3, -0.25) is 4.90 Å². The Kier molecular flexibility index (Phi) is 8.42. The lowest BCUT2D eigenvalue weighted by Gasteiger charge is -2.37. The van der Waals surface area contributed by atoms with Crippen molar-refractivity contribution in [2.75, 3.05) is 50.5 Å². The van der Waals surface area contributed by atoms with E-state index in [1.807, 2.05) is 6.20 Å². The molecule has 6 nitrogen and oxygen atoms in total. The molecule has 1 saturated carbocycles. The summed E-state index contributed by atoms with van der Waals surface area (Å²) in [5.41, 5.74) is 0. The maximum absolute atomic E-state index is 4.96. The first-order valence-corrected chi connectivity index (χ1v) is 13.0. The number of rotatable bonds is 8. The van der Waals surface area contributed by atoms with Crippen LogP contribution in [0.1, 0.15) is 77.0 Å². The summed E-state index contributed by atoms with van der Waals surface area (Å²) in [6, 6.07) is 3.94. The summed E-state index contributed by atoms with van der Waals surface area (Å²) in [5, 5.41) is 3.79. The summed E-state index contributed by atoms with van der Waals surface area (Å²) in [7, 11) is 4.37. The highest BCUT2D eigenvalue weighted by Gasteiger charge is 2.38. The normalized spacial score (nSPS) is 26.4. The molecule has 1 N–H and O–H groups in total. The topological polar surface area (TPSA) is 47.5 Å². The van der Waals surface area contributed by atoms with Crippen molar-refractivity contribution in [1.29, 1.82) is 0 Å². The summed E-state index contributed by atoms with van der Waals surface area (Å²) >= 11 is 0. The summed E-state index contributed by atoms with van der Waals surface area (Å²) in [5.74, 6) is 1.93. The zero-order valence-corrected chi connectivity index (χ0v) is 19.9. The number of nitrogens with one attached hydrogen (secondary N) is 1. The Hall–Kier alpha value is -1.40. The molecule has 4 rings (SSSR count). The molecule has 174 valence electrons. The molecule has 3 aliphatic rings. The van der Waals surface area contributed by atoms with Gasteiger partial charge in [0, 0.05) is 44.0 Å². The van der Waals surface area contributed by atoms with Crippen molar-refractivity contribution in [1.82, 2.24) is 19.8 Å². The lowest BCUT2D eigenvalue weighted by molar-refractivity contribution is 0.130. The molecule has 0 unspecified atom stereocenters. The molecule has 0 spiro atoms. The molecule has 2 aliphatic heterocycles. The standard InChI is InChI=1S/C25H44N6/c1-29(2)17-10-13-23-22(15-20-31(23)21-11-6-5-7-12-21)27-25-26-16-14-24(28-25)30-18-8-3-4-9-19-30/h14,16,21-23H,3-13,15,17-20H2,1-2H3,(H,26,27,28)/t22-,23+/m0/s1. The van der Waals surface area contributed by atoms with E-state index in [1.54, 1.807) is 0 Å². The van der Waals surface area contributed by atoms with Gasteiger partial charge in [0.1, 0.15) is 5.82 Å². The van der Waals surface area contributed by atoms with Crippen molar-refractivity contribution in [3.8, 4) is 0 Å². The predicted octanol–water partition coefficient (Wildman–Crippen LogP) is 4.39. The molecule has 0 radical (unpaired) electrons. The molecule has 3 heterocycles. The van der Waals surface area contributed by atoms with Gasteiger partial charge in [-0.2, -0.15) is 4.98 Å². The zero-order valence-electron chi connectivity index (χ0n) is 19.9. The van der Waals surface area contributed by atoms with Gasteiger partial charge in [-0.15, -0.1) is 0 Å². The minimum Gasteiger partial charge on any atom is -0.356 e. The second kappa shape index (κ2) is 11.5. The summed E-state index contributed by atoms with van der Waals surface area (Å²) in [4.78, 5) is 17.2. The Morgan fingerprint density at radius 2 is 1.71 bits per heavy atom. The van der Waals surface area contributed by atoms with Crippen molar-refractivity contribution >= 4 is 11.8 Å². The van der Waals surface area contributed by atoms with Crippen LogP contribution in [0.3, 0.4) is 0 Å². The van der Waals surface area contributed by atoms with Crippen LogP contribution in [-0.4, -0.2) is 78.2 Å². The Labute approximate surface area is 189 Å². The lowest BCUT2D eigenvalue weighted by atomic mass is 9.92. The SMILES string of the molecule is CN(C)CCC[C@@H]1[C@@H](Nc2nccc(N3CCCCCC3)n2)CCN1C1CCCCC1. The van der Waals surface area contributed by atoms with Crippen LogP contribution in [0.15, 0.2) is 12.3 Å². The van der Waals surface area contributed by atoms with E-state index in [1.165, 1.54) is 90.1 Å². The van der Waals surface area contributed by atoms with Gasteiger partial charge in [-0.25, -0.2) is 4.98 Å². The van der Waals surface area contributed by atoms with E-state index < -0.39 is 0 Å². The molecular weight excluding hydrogens is 384 g/mol. The quantitative estimate of drug-likeness (QED) is 0.663. The van der Waals surface area contributed by atoms with E-state index in [9.17, 15) is 0 Å². The number of anilines is 2. The minimum atomic E-state index is 0.462. The van der Waals surface area contributed by atoms with Crippen molar-refractivity contribution < 1.29 is 0 Å². The molecular formula is C25H44N6. The molecule has 0 amide bonds. The van der Waals surface area contributed by atoms with Crippen LogP contribution in [0, 0.1) is 0 Å². The Morgan fingerprint density at radius 3 is 2.45 bits per heavy atom. The molecule has 2 saturated heterocycles. The fourth-order valence-corrected chi connectivity index (χ4v) is 5.96. The number of likely N-dealkylation sites (tertiary alicyclic amines) is 1. The predicted molar refractivity (Wildman–Crippen MR) is 130 cm³/mol. The van der Waals surface area contributed by atoms with Gasteiger partial charge in [0.2, 0.25) is 5.95 Å². The first-order chi connectivity index (χ1) is 15.2. The van der Waals surface area contributed by atoms with Gasteiger partial charge >= 0.3 is 0 Å². The fourth-order valence-electron chi connectivity index (χ4n) is 5.96. The number of nitrogens with zero attached hydrogens (tertiary/aromatic N) is 5. The minimum absolute atomic E-state index is 0.462. The molecule has 6 heteroatoms. The molecule has 0 aromatic carbocycles. The molecule has 1 aromatic rings. The first-order valence-electron chi connectivity index (χ1n) is 13.0. The highest BCUT2D eigenvalue weighted by molar-refractivity contribution is 5.43. The van der Waals surface area contributed by atoms with Crippen LogP contribution in [0.5, 0.6) is 0 Å². The van der Waals surface area contributed by atoms with Gasteiger partial charge in [-0.1, -0.05) is 32.1 Å². The van der Waals surface area contributed by atoms with Gasteiger partial charge in [-0.05, 0) is 71.7 Å². The van der Waals surface area contributed by atoms with Crippen LogP contribution in [0.4, 0.5) is 11.8 Å². The van der Waals surface area contributed by atoms with E-state index in [0.29, 0.717) is 12.1 Å². The Morgan fingerprint density at radius 1 is 0.968 bits per heavy atom. The van der Waals surface area contributed by atoms with Crippen LogP contribution in [-0.2, 0) is 0 Å². The molecule has 3 fully saturated rings. The number of hydrogen-bond donors (Lipinski definition) is 1. The van der Waals surface area contributed by atoms with Crippen LogP contribution in [0.25, 0.3) is 0 Å². The highest BCUT2D eigenvalue weighted by Crippen LogP contribution is 2.32. The summed E-state index contributed by atoms with van der Waals surface area (Å²) in [6.45, 7) is 4.65. The van der Waals surface area contributed by atoms with E-state index in [2.05, 4.69) is 45.2 Å². The lowest BCUT2D eigenvalue weighted by Crippen LogP contribution is -2.45. The van der Waals surface area contributed by atoms with Gasteiger partial charge in [0.15, 0.2) is 0 Å². The number of hydrogen-bond acceptors (Lipinski definition) is 6. The highest BCUT2D eigenvalue weighted by atomic mass is 15.3. The van der Waals surface area contributed by atoms with Crippen LogP contribution >= 0.6 is 0 Å². The van der Waals surface area contributed by atoms with E-state index >= 15 is 0 Å². The second-order valence-corrected chi connectivity index (χ2v) is 10.2. The Balaban J connectivity index is 1.43. The zero-order chi connectivity index (χ0) is 21.5. The van der Waals surface area contributed by atoms with Crippen LogP contribution in [0.2, 0.25) is 0 Å². The van der Waals surface area contributed by atoms with Crippen molar-refractivity contribution in [2.45, 2.75) is 95.2 Å². The van der Waals surface area contributed by atoms with Gasteiger partial charge in [0.05, 0.1) is 0 Å². The van der Waals surface area contributed by atoms with E-state index in [0.717, 1.165) is 30.9 Å². The van der Waals surface area contributed by atoms with Crippen molar-refractivity contribution in [3.63, 3.8) is 0 Å². The average Bonchev–Trinajstić information content (AvgIpc) is 2.99. The monoisotopic (exact) mass is 428 g/mol. The van der Waals surface area contributed by atoms with E-state index in [4.69, 9.17) is 4.98 Å². The fraction of sp³-hybridized carbons (Fsp3) is 0.840. The molecule has 0 bridgehead atoms. The Bertz CT molecular complexity index is 651. The third-order valence-corrected chi connectivity index (χ3v) is 7.62. The maximum Gasteiger partial charge on any atom is 0.224 e. The van der Waals surface area contributed by atoms with Crippen molar-refractivity contribution in [3.05, 3.63) is 12.3 Å². The van der Waals surface area contributed by atoms with Gasteiger partial charge in [0.25, 0.3) is 0 Å². The largest absolute Gasteiger partial charge is 0.356 e. The number of aromatic nitrogens is 2. The molecule has 2 atom stereocenters. The van der Waals surface area contributed by atoms with Gasteiger partial charge < -0.3 is 15.1 Å². The van der Waals surface area contributed by atoms with Crippen LogP contribution < -0.4 is 10.2 Å². The second-order valence-electron chi connectivity index (χ2n) is 10.2. The summed E-state index contributed by atoms with van der Waals surface area (Å²) in [6.07, 6.45) is 17.9. The molecule has 1 aliphatic carbocycles. The van der Waals surface area contributed by atoms with E-state index in [-0.39, 0.29) is 0 Å². The molecule has 31 heavy (non-hydrogen) atoms.